The summed E-state index contributed by atoms with van der Waals surface area (Å²) in [6.07, 6.45) is 0.167. The molecule has 0 aromatic heterocycles. The van der Waals surface area contributed by atoms with Gasteiger partial charge in [-0.15, -0.1) is 0 Å². The first-order valence-electron chi connectivity index (χ1n) is 9.00. The molecular weight excluding hydrogens is 338 g/mol. The summed E-state index contributed by atoms with van der Waals surface area (Å²) in [5.41, 5.74) is 2.89. The number of hydrogen-bond donors (Lipinski definition) is 1. The van der Waals surface area contributed by atoms with Crippen molar-refractivity contribution in [2.75, 3.05) is 16.8 Å². The van der Waals surface area contributed by atoms with Gasteiger partial charge in [0.25, 0.3) is 0 Å². The molecule has 5 heteroatoms. The fourth-order valence-electron chi connectivity index (χ4n) is 3.36. The van der Waals surface area contributed by atoms with Crippen LogP contribution >= 0.6 is 0 Å². The summed E-state index contributed by atoms with van der Waals surface area (Å²) >= 11 is 0. The highest BCUT2D eigenvalue weighted by Crippen LogP contribution is 2.31. The molecule has 1 saturated heterocycles. The number of nitrogens with one attached hydrogen (secondary N) is 1. The second-order valence-electron chi connectivity index (χ2n) is 7.85. The summed E-state index contributed by atoms with van der Waals surface area (Å²) in [5, 5.41) is 12.1. The van der Waals surface area contributed by atoms with Crippen molar-refractivity contribution in [1.29, 1.82) is 5.26 Å². The molecule has 1 N–H and O–H groups in total. The van der Waals surface area contributed by atoms with Gasteiger partial charge in [-0.1, -0.05) is 45.0 Å². The van der Waals surface area contributed by atoms with Crippen LogP contribution in [0.5, 0.6) is 0 Å². The summed E-state index contributed by atoms with van der Waals surface area (Å²) in [7, 11) is 0. The fraction of sp³-hybridized carbons (Fsp3) is 0.318. The first-order chi connectivity index (χ1) is 12.8. The molecule has 138 valence electrons. The van der Waals surface area contributed by atoms with Crippen LogP contribution in [0.4, 0.5) is 11.4 Å². The van der Waals surface area contributed by atoms with Crippen LogP contribution in [0.2, 0.25) is 0 Å². The van der Waals surface area contributed by atoms with Crippen molar-refractivity contribution in [2.45, 2.75) is 32.6 Å². The van der Waals surface area contributed by atoms with Crippen molar-refractivity contribution in [1.82, 2.24) is 0 Å². The molecule has 1 fully saturated rings. The van der Waals surface area contributed by atoms with Crippen LogP contribution in [0.15, 0.2) is 48.5 Å². The van der Waals surface area contributed by atoms with Gasteiger partial charge in [-0.05, 0) is 35.2 Å². The Hall–Kier alpha value is -3.13. The van der Waals surface area contributed by atoms with Crippen molar-refractivity contribution in [3.8, 4) is 6.07 Å². The third-order valence-corrected chi connectivity index (χ3v) is 4.78. The first kappa shape index (κ1) is 18.7. The zero-order valence-corrected chi connectivity index (χ0v) is 15.8. The Bertz CT molecular complexity index is 922. The third-order valence-electron chi connectivity index (χ3n) is 4.78. The molecule has 1 aliphatic rings. The van der Waals surface area contributed by atoms with E-state index in [2.05, 4.69) is 32.2 Å². The van der Waals surface area contributed by atoms with Crippen LogP contribution in [0.1, 0.15) is 38.3 Å². The van der Waals surface area contributed by atoms with E-state index in [9.17, 15) is 9.59 Å². The van der Waals surface area contributed by atoms with Gasteiger partial charge in [-0.2, -0.15) is 5.26 Å². The van der Waals surface area contributed by atoms with Gasteiger partial charge in [-0.25, -0.2) is 0 Å². The van der Waals surface area contributed by atoms with Gasteiger partial charge in [0.15, 0.2) is 0 Å². The molecule has 2 aromatic carbocycles. The van der Waals surface area contributed by atoms with Crippen LogP contribution in [-0.4, -0.2) is 18.4 Å². The lowest BCUT2D eigenvalue weighted by molar-refractivity contribution is -0.122. The lowest BCUT2D eigenvalue weighted by Gasteiger charge is -2.23. The summed E-state index contributed by atoms with van der Waals surface area (Å²) in [6, 6.07) is 16.7. The molecule has 0 aliphatic carbocycles. The zero-order valence-electron chi connectivity index (χ0n) is 15.8. The van der Waals surface area contributed by atoms with E-state index in [-0.39, 0.29) is 23.7 Å². The number of benzene rings is 2. The van der Waals surface area contributed by atoms with E-state index in [0.29, 0.717) is 17.8 Å². The zero-order chi connectivity index (χ0) is 19.6. The van der Waals surface area contributed by atoms with Gasteiger partial charge < -0.3 is 10.2 Å². The van der Waals surface area contributed by atoms with E-state index in [1.54, 1.807) is 29.2 Å². The number of amides is 2. The second-order valence-corrected chi connectivity index (χ2v) is 7.85. The van der Waals surface area contributed by atoms with Gasteiger partial charge in [0, 0.05) is 24.3 Å². The predicted octanol–water partition coefficient (Wildman–Crippen LogP) is 3.85. The third kappa shape index (κ3) is 4.01. The van der Waals surface area contributed by atoms with Gasteiger partial charge >= 0.3 is 0 Å². The predicted molar refractivity (Wildman–Crippen MR) is 105 cm³/mol. The molecule has 1 aliphatic heterocycles. The summed E-state index contributed by atoms with van der Waals surface area (Å²) in [4.78, 5) is 26.8. The van der Waals surface area contributed by atoms with Crippen molar-refractivity contribution in [3.63, 3.8) is 0 Å². The average Bonchev–Trinajstić information content (AvgIpc) is 3.03. The molecule has 0 bridgehead atoms. The summed E-state index contributed by atoms with van der Waals surface area (Å²) < 4.78 is 0. The van der Waals surface area contributed by atoms with E-state index >= 15 is 0 Å². The molecule has 0 radical (unpaired) electrons. The number of nitriles is 1. The molecule has 0 spiro atoms. The number of hydrogen-bond acceptors (Lipinski definition) is 3. The number of nitrogens with zero attached hydrogens (tertiary/aromatic N) is 2. The molecule has 5 nitrogen and oxygen atoms in total. The number of carbonyl (C=O) groups is 2. The maximum absolute atomic E-state index is 12.8. The van der Waals surface area contributed by atoms with Gasteiger partial charge in [-0.3, -0.25) is 9.59 Å². The Morgan fingerprint density at radius 3 is 2.63 bits per heavy atom. The largest absolute Gasteiger partial charge is 0.326 e. The van der Waals surface area contributed by atoms with Crippen LogP contribution in [0.3, 0.4) is 0 Å². The normalized spacial score (nSPS) is 16.9. The highest BCUT2D eigenvalue weighted by atomic mass is 16.2. The summed E-state index contributed by atoms with van der Waals surface area (Å²) in [5.74, 6) is -0.676. The molecule has 0 saturated carbocycles. The van der Waals surface area contributed by atoms with Crippen LogP contribution < -0.4 is 10.2 Å². The van der Waals surface area contributed by atoms with Crippen LogP contribution in [-0.2, 0) is 15.0 Å². The number of carbonyl (C=O) groups excluding carboxylic acids is 2. The monoisotopic (exact) mass is 361 g/mol. The van der Waals surface area contributed by atoms with E-state index in [0.717, 1.165) is 11.3 Å². The van der Waals surface area contributed by atoms with Gasteiger partial charge in [0.2, 0.25) is 11.8 Å². The molecule has 3 rings (SSSR count). The fourth-order valence-corrected chi connectivity index (χ4v) is 3.36. The van der Waals surface area contributed by atoms with E-state index in [4.69, 9.17) is 5.26 Å². The van der Waals surface area contributed by atoms with Crippen molar-refractivity contribution in [2.24, 2.45) is 5.92 Å². The Balaban J connectivity index is 1.76. The Morgan fingerprint density at radius 1 is 1.19 bits per heavy atom. The first-order valence-corrected chi connectivity index (χ1v) is 9.00. The maximum atomic E-state index is 12.8. The molecule has 1 unspecified atom stereocenters. The molecule has 2 amide bonds. The number of rotatable bonds is 3. The van der Waals surface area contributed by atoms with Crippen molar-refractivity contribution >= 4 is 23.2 Å². The highest BCUT2D eigenvalue weighted by molar-refractivity contribution is 6.03. The number of para-hydroxylation sites is 1. The van der Waals surface area contributed by atoms with Crippen LogP contribution in [0.25, 0.3) is 0 Å². The highest BCUT2D eigenvalue weighted by Gasteiger charge is 2.35. The van der Waals surface area contributed by atoms with E-state index in [1.807, 2.05) is 24.3 Å². The van der Waals surface area contributed by atoms with Crippen LogP contribution in [0, 0.1) is 17.2 Å². The smallest absolute Gasteiger partial charge is 0.229 e. The van der Waals surface area contributed by atoms with E-state index in [1.165, 1.54) is 0 Å². The second kappa shape index (κ2) is 7.24. The van der Waals surface area contributed by atoms with Crippen molar-refractivity contribution in [3.05, 3.63) is 59.7 Å². The molecule has 27 heavy (non-hydrogen) atoms. The minimum Gasteiger partial charge on any atom is -0.326 e. The Kier molecular flexibility index (Phi) is 5.00. The minimum atomic E-state index is -0.420. The molecular formula is C22H23N3O2. The number of anilines is 2. The minimum absolute atomic E-state index is 0.0981. The standard InChI is InChI=1S/C22H23N3O2/c1-22(2,3)18-9-4-5-10-19(18)24-21(27)16-12-20(26)25(14-16)17-8-6-7-15(11-17)13-23/h4-11,16H,12,14H2,1-3H3,(H,24,27). The Labute approximate surface area is 159 Å². The Morgan fingerprint density at radius 2 is 1.93 bits per heavy atom. The SMILES string of the molecule is CC(C)(C)c1ccccc1NC(=O)C1CC(=O)N(c2cccc(C#N)c2)C1. The lowest BCUT2D eigenvalue weighted by Crippen LogP contribution is -2.29. The molecule has 1 heterocycles. The summed E-state index contributed by atoms with van der Waals surface area (Å²) in [6.45, 7) is 6.61. The average molecular weight is 361 g/mol. The lowest BCUT2D eigenvalue weighted by atomic mass is 9.85. The molecule has 2 aromatic rings. The quantitative estimate of drug-likeness (QED) is 0.902. The van der Waals surface area contributed by atoms with Gasteiger partial charge in [0.1, 0.15) is 0 Å². The maximum Gasteiger partial charge on any atom is 0.229 e. The molecule has 1 atom stereocenters. The van der Waals surface area contributed by atoms with E-state index < -0.39 is 5.92 Å². The van der Waals surface area contributed by atoms with Gasteiger partial charge in [0.05, 0.1) is 17.6 Å². The topological polar surface area (TPSA) is 73.2 Å². The van der Waals surface area contributed by atoms with Crippen molar-refractivity contribution < 1.29 is 9.59 Å².